The third-order valence-electron chi connectivity index (χ3n) is 3.64. The van der Waals surface area contributed by atoms with Gasteiger partial charge in [0.05, 0.1) is 18.7 Å². The molecule has 13 heteroatoms. The van der Waals surface area contributed by atoms with Crippen LogP contribution in [0.5, 0.6) is 11.6 Å². The lowest BCUT2D eigenvalue weighted by atomic mass is 10.2. The van der Waals surface area contributed by atoms with Gasteiger partial charge in [0.25, 0.3) is 5.96 Å². The highest BCUT2D eigenvalue weighted by molar-refractivity contribution is 7.15. The van der Waals surface area contributed by atoms with Crippen molar-refractivity contribution in [1.29, 1.82) is 0 Å². The number of hydrazone groups is 1. The number of hydrogen-bond acceptors (Lipinski definition) is 8. The van der Waals surface area contributed by atoms with Crippen molar-refractivity contribution in [3.8, 4) is 23.0 Å². The lowest BCUT2D eigenvalue weighted by Gasteiger charge is -2.07. The molecule has 0 aliphatic carbocycles. The smallest absolute Gasteiger partial charge is 0.268 e. The summed E-state index contributed by atoms with van der Waals surface area (Å²) < 4.78 is 5.79. The second-order valence-corrected chi connectivity index (χ2v) is 7.69. The normalized spacial score (nSPS) is 10.7. The maximum Gasteiger partial charge on any atom is 0.268 e. The molecule has 0 saturated heterocycles. The summed E-state index contributed by atoms with van der Waals surface area (Å²) in [6.45, 7) is 4.71. The van der Waals surface area contributed by atoms with Crippen LogP contribution in [-0.4, -0.2) is 44.7 Å². The molecule has 0 spiro atoms. The van der Waals surface area contributed by atoms with E-state index in [0.717, 1.165) is 10.6 Å². The molecule has 0 aliphatic heterocycles. The zero-order chi connectivity index (χ0) is 23.5. The third kappa shape index (κ3) is 7.96. The van der Waals surface area contributed by atoms with Gasteiger partial charge in [0.1, 0.15) is 10.9 Å². The van der Waals surface area contributed by atoms with E-state index in [1.165, 1.54) is 18.4 Å². The van der Waals surface area contributed by atoms with Crippen LogP contribution in [0.25, 0.3) is 11.4 Å². The minimum atomic E-state index is -0.779. The van der Waals surface area contributed by atoms with Gasteiger partial charge in [-0.15, -0.1) is 11.3 Å². The second kappa shape index (κ2) is 12.4. The molecule has 0 amide bonds. The molecule has 32 heavy (non-hydrogen) atoms. The van der Waals surface area contributed by atoms with Gasteiger partial charge < -0.3 is 20.5 Å². The van der Waals surface area contributed by atoms with Crippen LogP contribution in [0.4, 0.5) is 0 Å². The Hall–Kier alpha value is -3.51. The Balaban J connectivity index is 0.000000229. The molecule has 0 radical (unpaired) electrons. The molecule has 2 aromatic heterocycles. The number of nitrogens with zero attached hydrogens (tertiary/aromatic N) is 5. The fourth-order valence-electron chi connectivity index (χ4n) is 2.34. The number of rotatable bonds is 6. The van der Waals surface area contributed by atoms with E-state index in [-0.39, 0.29) is 11.7 Å². The number of benzene rings is 1. The van der Waals surface area contributed by atoms with E-state index in [1.807, 2.05) is 19.9 Å². The molecule has 3 N–H and O–H groups in total. The van der Waals surface area contributed by atoms with E-state index in [4.69, 9.17) is 16.3 Å². The van der Waals surface area contributed by atoms with Crippen LogP contribution in [0, 0.1) is 17.0 Å². The van der Waals surface area contributed by atoms with Gasteiger partial charge in [-0.05, 0) is 26.0 Å². The van der Waals surface area contributed by atoms with Gasteiger partial charge in [-0.1, -0.05) is 23.7 Å². The van der Waals surface area contributed by atoms with E-state index in [2.05, 4.69) is 30.7 Å². The van der Waals surface area contributed by atoms with Gasteiger partial charge in [-0.2, -0.15) is 4.98 Å². The number of hydrogen-bond donors (Lipinski definition) is 3. The number of thiazole rings is 1. The summed E-state index contributed by atoms with van der Waals surface area (Å²) in [5.74, 6) is 1.26. The first-order valence-corrected chi connectivity index (χ1v) is 10.5. The van der Waals surface area contributed by atoms with E-state index in [1.54, 1.807) is 30.5 Å². The highest BCUT2D eigenvalue weighted by Crippen LogP contribution is 2.27. The molecule has 2 heterocycles. The number of aromatic nitrogens is 3. The van der Waals surface area contributed by atoms with Crippen molar-refractivity contribution in [2.24, 2.45) is 5.10 Å². The molecule has 0 fully saturated rings. The van der Waals surface area contributed by atoms with Gasteiger partial charge >= 0.3 is 0 Å². The maximum atomic E-state index is 10.1. The Labute approximate surface area is 193 Å². The molecule has 0 aliphatic rings. The zero-order valence-electron chi connectivity index (χ0n) is 17.6. The summed E-state index contributed by atoms with van der Waals surface area (Å²) >= 11 is 6.92. The first-order chi connectivity index (χ1) is 15.3. The van der Waals surface area contributed by atoms with Gasteiger partial charge in [-0.3, -0.25) is 0 Å². The molecule has 1 aromatic carbocycles. The molecule has 11 nitrogen and oxygen atoms in total. The van der Waals surface area contributed by atoms with Crippen molar-refractivity contribution < 1.29 is 14.9 Å². The van der Waals surface area contributed by atoms with Gasteiger partial charge in [0.15, 0.2) is 15.3 Å². The van der Waals surface area contributed by atoms with Crippen LogP contribution in [0.3, 0.4) is 0 Å². The molecule has 0 saturated carbocycles. The summed E-state index contributed by atoms with van der Waals surface area (Å²) in [5, 5.41) is 27.5. The van der Waals surface area contributed by atoms with E-state index in [9.17, 15) is 15.2 Å². The van der Waals surface area contributed by atoms with E-state index < -0.39 is 5.03 Å². The summed E-state index contributed by atoms with van der Waals surface area (Å²) in [5.41, 5.74) is 1.42. The number of nitro groups is 1. The highest BCUT2D eigenvalue weighted by Gasteiger charge is 2.09. The first kappa shape index (κ1) is 24.8. The molecule has 3 aromatic rings. The lowest BCUT2D eigenvalue weighted by molar-refractivity contribution is -0.485. The molecular weight excluding hydrogens is 458 g/mol. The monoisotopic (exact) mass is 479 g/mol. The Morgan fingerprint density at radius 2 is 2.12 bits per heavy atom. The number of aromatic hydroxyl groups is 1. The van der Waals surface area contributed by atoms with Crippen molar-refractivity contribution in [3.05, 3.63) is 61.7 Å². The first-order valence-electron chi connectivity index (χ1n) is 9.34. The fraction of sp³-hybridized carbons (Fsp3) is 0.263. The number of ether oxygens (including phenoxy) is 1. The van der Waals surface area contributed by atoms with Crippen molar-refractivity contribution in [1.82, 2.24) is 25.6 Å². The van der Waals surface area contributed by atoms with E-state index >= 15 is 0 Å². The quantitative estimate of drug-likeness (QED) is 0.210. The number of aryl methyl sites for hydroxylation is 1. The van der Waals surface area contributed by atoms with Crippen molar-refractivity contribution in [2.45, 2.75) is 20.4 Å². The SMILES string of the molecule is CCOc1cc(C)nc(-c2ccccc2O)n1.CN/C(=N\[N+](=O)[O-])NCc1cnc(Cl)s1. The van der Waals surface area contributed by atoms with Crippen LogP contribution in [0.2, 0.25) is 4.47 Å². The number of phenols is 1. The summed E-state index contributed by atoms with van der Waals surface area (Å²) in [6, 6.07) is 8.76. The van der Waals surface area contributed by atoms with Crippen molar-refractivity contribution >= 4 is 28.9 Å². The second-order valence-electron chi connectivity index (χ2n) is 5.99. The number of halogens is 1. The minimum absolute atomic E-state index is 0.0875. The number of para-hydroxylation sites is 1. The van der Waals surface area contributed by atoms with Gasteiger partial charge in [-0.25, -0.2) is 20.1 Å². The molecule has 170 valence electrons. The number of nitrogens with one attached hydrogen (secondary N) is 2. The summed E-state index contributed by atoms with van der Waals surface area (Å²) in [7, 11) is 1.54. The minimum Gasteiger partial charge on any atom is -0.507 e. The van der Waals surface area contributed by atoms with Gasteiger partial charge in [0, 0.05) is 29.9 Å². The van der Waals surface area contributed by atoms with Crippen molar-refractivity contribution in [2.75, 3.05) is 13.7 Å². The summed E-state index contributed by atoms with van der Waals surface area (Å²) in [6.07, 6.45) is 1.60. The number of phenolic OH excluding ortho intramolecular Hbond substituents is 1. The lowest BCUT2D eigenvalue weighted by Crippen LogP contribution is -2.34. The summed E-state index contributed by atoms with van der Waals surface area (Å²) in [4.78, 5) is 23.3. The van der Waals surface area contributed by atoms with Crippen LogP contribution in [0.1, 0.15) is 17.5 Å². The van der Waals surface area contributed by atoms with Crippen LogP contribution in [-0.2, 0) is 6.54 Å². The molecule has 3 rings (SSSR count). The average Bonchev–Trinajstić information content (AvgIpc) is 3.16. The predicted octanol–water partition coefficient (Wildman–Crippen LogP) is 3.21. The third-order valence-corrected chi connectivity index (χ3v) is 4.76. The predicted molar refractivity (Wildman–Crippen MR) is 122 cm³/mol. The Morgan fingerprint density at radius 1 is 1.38 bits per heavy atom. The Morgan fingerprint density at radius 3 is 2.72 bits per heavy atom. The molecule has 0 bridgehead atoms. The largest absolute Gasteiger partial charge is 0.507 e. The zero-order valence-corrected chi connectivity index (χ0v) is 19.1. The van der Waals surface area contributed by atoms with Crippen LogP contribution < -0.4 is 15.4 Å². The highest BCUT2D eigenvalue weighted by atomic mass is 35.5. The fourth-order valence-corrected chi connectivity index (χ4v) is 3.25. The van der Waals surface area contributed by atoms with E-state index in [0.29, 0.717) is 34.9 Å². The molecule has 0 unspecified atom stereocenters. The van der Waals surface area contributed by atoms with Gasteiger partial charge in [0.2, 0.25) is 5.88 Å². The topological polar surface area (TPSA) is 148 Å². The molecule has 0 atom stereocenters. The standard InChI is InChI=1S/C13H14N2O2.C6H8ClN5O2S/c1-3-17-12-8-9(2)14-13(15-12)10-6-4-5-7-11(10)16;1-8-6(11-12(13)14)10-3-4-2-9-5(7)15-4/h4-8,16H,3H2,1-2H3;2H,3H2,1H3,(H2,8,10,11). The van der Waals surface area contributed by atoms with Crippen molar-refractivity contribution in [3.63, 3.8) is 0 Å². The average molecular weight is 480 g/mol. The van der Waals surface area contributed by atoms with Crippen LogP contribution in [0.15, 0.2) is 41.6 Å². The number of guanidine groups is 1. The Kier molecular flexibility index (Phi) is 9.57. The van der Waals surface area contributed by atoms with Crippen LogP contribution >= 0.6 is 22.9 Å². The maximum absolute atomic E-state index is 10.1. The Bertz CT molecular complexity index is 1080. The molecular formula is C19H22ClN7O4S.